The normalized spacial score (nSPS) is 10.4. The average Bonchev–Trinajstić information content (AvgIpc) is 2.26. The third-order valence-electron chi connectivity index (χ3n) is 2.20. The highest BCUT2D eigenvalue weighted by molar-refractivity contribution is 5.66. The van der Waals surface area contributed by atoms with Crippen molar-refractivity contribution in [2.24, 2.45) is 0 Å². The fraction of sp³-hybridized carbons (Fsp3) is 0.500. The van der Waals surface area contributed by atoms with Crippen LogP contribution in [0.3, 0.4) is 0 Å². The van der Waals surface area contributed by atoms with E-state index in [1.807, 2.05) is 25.1 Å². The van der Waals surface area contributed by atoms with Gasteiger partial charge in [-0.3, -0.25) is 0 Å². The summed E-state index contributed by atoms with van der Waals surface area (Å²) in [5, 5.41) is 3.23. The summed E-state index contributed by atoms with van der Waals surface area (Å²) in [6.45, 7) is 4.68. The molecule has 0 radical (unpaired) electrons. The lowest BCUT2D eigenvalue weighted by molar-refractivity contribution is 0.0759. The predicted molar refractivity (Wildman–Crippen MR) is 66.8 cm³/mol. The molecule has 3 N–H and O–H groups in total. The first-order valence-electron chi connectivity index (χ1n) is 5.40. The van der Waals surface area contributed by atoms with Crippen molar-refractivity contribution >= 4 is 11.4 Å². The van der Waals surface area contributed by atoms with Gasteiger partial charge in [-0.25, -0.2) is 0 Å². The Bertz CT molecular complexity index is 316. The van der Waals surface area contributed by atoms with Gasteiger partial charge in [-0.15, -0.1) is 0 Å². The molecule has 0 fully saturated rings. The van der Waals surface area contributed by atoms with Crippen LogP contribution in [0.2, 0.25) is 0 Å². The van der Waals surface area contributed by atoms with Crippen molar-refractivity contribution in [3.05, 3.63) is 23.8 Å². The van der Waals surface area contributed by atoms with Crippen LogP contribution < -0.4 is 11.1 Å². The van der Waals surface area contributed by atoms with E-state index in [1.165, 1.54) is 5.56 Å². The highest BCUT2D eigenvalue weighted by atomic mass is 16.5. The number of aryl methyl sites for hydroxylation is 1. The van der Waals surface area contributed by atoms with Gasteiger partial charge in [0.15, 0.2) is 0 Å². The molecular weight excluding hydrogens is 204 g/mol. The first kappa shape index (κ1) is 12.8. The van der Waals surface area contributed by atoms with Gasteiger partial charge in [-0.2, -0.15) is 0 Å². The summed E-state index contributed by atoms with van der Waals surface area (Å²) >= 11 is 0. The molecule has 0 amide bonds. The number of nitrogens with two attached hydrogens (primary N) is 1. The fourth-order valence-electron chi connectivity index (χ4n) is 1.35. The van der Waals surface area contributed by atoms with Crippen molar-refractivity contribution in [1.29, 1.82) is 0 Å². The molecule has 16 heavy (non-hydrogen) atoms. The smallest absolute Gasteiger partial charge is 0.0701 e. The number of benzene rings is 1. The minimum Gasteiger partial charge on any atom is -0.397 e. The van der Waals surface area contributed by atoms with Crippen LogP contribution in [0.5, 0.6) is 0 Å². The van der Waals surface area contributed by atoms with Crippen LogP contribution in [0.4, 0.5) is 11.4 Å². The summed E-state index contributed by atoms with van der Waals surface area (Å²) in [5.41, 5.74) is 8.76. The van der Waals surface area contributed by atoms with Crippen molar-refractivity contribution < 1.29 is 9.47 Å². The van der Waals surface area contributed by atoms with Gasteiger partial charge in [0.2, 0.25) is 0 Å². The Morgan fingerprint density at radius 1 is 1.25 bits per heavy atom. The molecule has 4 heteroatoms. The van der Waals surface area contributed by atoms with E-state index in [0.29, 0.717) is 19.8 Å². The topological polar surface area (TPSA) is 56.5 Å². The molecule has 0 aliphatic heterocycles. The molecule has 1 aromatic carbocycles. The maximum absolute atomic E-state index is 5.86. The zero-order chi connectivity index (χ0) is 11.8. The monoisotopic (exact) mass is 224 g/mol. The SMILES string of the molecule is COCCOCCNc1ccc(C)cc1N. The van der Waals surface area contributed by atoms with E-state index in [1.54, 1.807) is 7.11 Å². The summed E-state index contributed by atoms with van der Waals surface area (Å²) in [6.07, 6.45) is 0. The van der Waals surface area contributed by atoms with E-state index >= 15 is 0 Å². The molecule has 90 valence electrons. The number of nitrogens with one attached hydrogen (secondary N) is 1. The van der Waals surface area contributed by atoms with Gasteiger partial charge in [0.25, 0.3) is 0 Å². The molecule has 0 spiro atoms. The van der Waals surface area contributed by atoms with E-state index in [9.17, 15) is 0 Å². The Morgan fingerprint density at radius 2 is 2.06 bits per heavy atom. The van der Waals surface area contributed by atoms with Crippen molar-refractivity contribution in [3.8, 4) is 0 Å². The molecule has 0 aliphatic carbocycles. The molecule has 0 saturated heterocycles. The Morgan fingerprint density at radius 3 is 2.75 bits per heavy atom. The largest absolute Gasteiger partial charge is 0.397 e. The second-order valence-electron chi connectivity index (χ2n) is 3.62. The van der Waals surface area contributed by atoms with Crippen LogP contribution in [0.15, 0.2) is 18.2 Å². The maximum atomic E-state index is 5.86. The van der Waals surface area contributed by atoms with Crippen molar-refractivity contribution in [2.75, 3.05) is 44.5 Å². The molecule has 1 rings (SSSR count). The zero-order valence-corrected chi connectivity index (χ0v) is 9.95. The Kier molecular flexibility index (Phi) is 5.67. The number of nitrogen functional groups attached to an aromatic ring is 1. The highest BCUT2D eigenvalue weighted by Gasteiger charge is 1.97. The molecule has 0 heterocycles. The first-order chi connectivity index (χ1) is 7.74. The minimum atomic E-state index is 0.627. The molecule has 0 aromatic heterocycles. The van der Waals surface area contributed by atoms with Crippen LogP contribution in [0.1, 0.15) is 5.56 Å². The number of hydrogen-bond acceptors (Lipinski definition) is 4. The predicted octanol–water partition coefficient (Wildman–Crippen LogP) is 1.65. The van der Waals surface area contributed by atoms with Crippen molar-refractivity contribution in [3.63, 3.8) is 0 Å². The number of ether oxygens (including phenoxy) is 2. The molecule has 0 unspecified atom stereocenters. The van der Waals surface area contributed by atoms with Crippen molar-refractivity contribution in [1.82, 2.24) is 0 Å². The second-order valence-corrected chi connectivity index (χ2v) is 3.62. The Labute approximate surface area is 96.7 Å². The van der Waals surface area contributed by atoms with Crippen molar-refractivity contribution in [2.45, 2.75) is 6.92 Å². The number of rotatable bonds is 7. The molecule has 0 saturated carbocycles. The molecule has 0 aliphatic rings. The second kappa shape index (κ2) is 7.09. The van der Waals surface area contributed by atoms with E-state index in [2.05, 4.69) is 5.32 Å². The number of methoxy groups -OCH3 is 1. The summed E-state index contributed by atoms with van der Waals surface area (Å²) in [7, 11) is 1.66. The Hall–Kier alpha value is -1.26. The summed E-state index contributed by atoms with van der Waals surface area (Å²) in [6, 6.07) is 5.97. The standard InChI is InChI=1S/C12H20N2O2/c1-10-3-4-12(11(13)9-10)14-5-6-16-8-7-15-2/h3-4,9,14H,5-8,13H2,1-2H3. The third kappa shape index (κ3) is 4.51. The van der Waals surface area contributed by atoms with Crippen LogP contribution in [-0.2, 0) is 9.47 Å². The molecule has 0 bridgehead atoms. The quantitative estimate of drug-likeness (QED) is 0.546. The van der Waals surface area contributed by atoms with E-state index in [0.717, 1.165) is 17.9 Å². The summed E-state index contributed by atoms with van der Waals surface area (Å²) < 4.78 is 10.2. The van der Waals surface area contributed by atoms with Crippen LogP contribution >= 0.6 is 0 Å². The van der Waals surface area contributed by atoms with Gasteiger partial charge in [0.05, 0.1) is 31.2 Å². The van der Waals surface area contributed by atoms with E-state index in [-0.39, 0.29) is 0 Å². The number of anilines is 2. The maximum Gasteiger partial charge on any atom is 0.0701 e. The lowest BCUT2D eigenvalue weighted by atomic mass is 10.2. The van der Waals surface area contributed by atoms with Crippen LogP contribution in [0, 0.1) is 6.92 Å². The fourth-order valence-corrected chi connectivity index (χ4v) is 1.35. The third-order valence-corrected chi connectivity index (χ3v) is 2.20. The first-order valence-corrected chi connectivity index (χ1v) is 5.40. The van der Waals surface area contributed by atoms with Gasteiger partial charge in [-0.1, -0.05) is 6.07 Å². The van der Waals surface area contributed by atoms with Gasteiger partial charge in [-0.05, 0) is 24.6 Å². The van der Waals surface area contributed by atoms with Gasteiger partial charge in [0, 0.05) is 13.7 Å². The highest BCUT2D eigenvalue weighted by Crippen LogP contribution is 2.18. The van der Waals surface area contributed by atoms with Gasteiger partial charge in [0.1, 0.15) is 0 Å². The lowest BCUT2D eigenvalue weighted by Crippen LogP contribution is -2.12. The Balaban J connectivity index is 2.21. The zero-order valence-electron chi connectivity index (χ0n) is 9.95. The van der Waals surface area contributed by atoms with Gasteiger partial charge >= 0.3 is 0 Å². The molecule has 4 nitrogen and oxygen atoms in total. The van der Waals surface area contributed by atoms with E-state index in [4.69, 9.17) is 15.2 Å². The lowest BCUT2D eigenvalue weighted by Gasteiger charge is -2.10. The van der Waals surface area contributed by atoms with E-state index < -0.39 is 0 Å². The number of hydrogen-bond donors (Lipinski definition) is 2. The average molecular weight is 224 g/mol. The summed E-state index contributed by atoms with van der Waals surface area (Å²) in [4.78, 5) is 0. The summed E-state index contributed by atoms with van der Waals surface area (Å²) in [5.74, 6) is 0. The molecule has 1 aromatic rings. The molecular formula is C12H20N2O2. The van der Waals surface area contributed by atoms with Gasteiger partial charge < -0.3 is 20.5 Å². The van der Waals surface area contributed by atoms with Crippen LogP contribution in [-0.4, -0.2) is 33.5 Å². The van der Waals surface area contributed by atoms with Crippen LogP contribution in [0.25, 0.3) is 0 Å². The minimum absolute atomic E-state index is 0.627. The molecule has 0 atom stereocenters.